The van der Waals surface area contributed by atoms with E-state index in [0.717, 1.165) is 111 Å². The number of aryl methyl sites for hydroxylation is 2. The van der Waals surface area contributed by atoms with E-state index in [0.29, 0.717) is 134 Å². The second-order valence-electron chi connectivity index (χ2n) is 30.8. The maximum absolute atomic E-state index is 17.6. The van der Waals surface area contributed by atoms with E-state index in [1.807, 2.05) is 33.7 Å². The van der Waals surface area contributed by atoms with E-state index < -0.39 is 68.2 Å². The van der Waals surface area contributed by atoms with Crippen LogP contribution in [0.4, 0.5) is 20.2 Å². The molecule has 4 fully saturated rings. The number of fused-ring (bicyclic) bond motifs is 14. The molecule has 26 heteroatoms. The van der Waals surface area contributed by atoms with Crippen LogP contribution in [0.15, 0.2) is 72.8 Å². The number of rotatable bonds is 6. The number of hydrogen-bond donors (Lipinski definition) is 2. The molecule has 544 valence electrons. The van der Waals surface area contributed by atoms with E-state index in [4.69, 9.17) is 42.1 Å². The molecule has 4 aliphatic carbocycles. The summed E-state index contributed by atoms with van der Waals surface area (Å²) in [5, 5.41) is 1.40. The van der Waals surface area contributed by atoms with Gasteiger partial charge in [0, 0.05) is 127 Å². The van der Waals surface area contributed by atoms with Gasteiger partial charge in [-0.05, 0) is 209 Å². The van der Waals surface area contributed by atoms with Gasteiger partial charge < -0.3 is 38.5 Å². The smallest absolute Gasteiger partial charge is 0.303 e. The van der Waals surface area contributed by atoms with E-state index in [1.165, 1.54) is 72.4 Å². The van der Waals surface area contributed by atoms with Gasteiger partial charge >= 0.3 is 20.4 Å². The number of carbonyl (C=O) groups is 4. The van der Waals surface area contributed by atoms with Crippen molar-refractivity contribution in [1.82, 2.24) is 27.9 Å². The van der Waals surface area contributed by atoms with Gasteiger partial charge in [0.1, 0.15) is 11.5 Å². The number of ether oxygens (including phenoxy) is 4. The van der Waals surface area contributed by atoms with Crippen molar-refractivity contribution in [2.24, 2.45) is 35.5 Å². The third-order valence-electron chi connectivity index (χ3n) is 24.2. The molecular formula is C74H96Cl2F2N8O12S2. The topological polar surface area (TPSA) is 217 Å². The lowest BCUT2D eigenvalue weighted by molar-refractivity contribution is -0.142. The Morgan fingerprint density at radius 2 is 0.970 bits per heavy atom. The number of amides is 4. The molecule has 4 amide bonds. The Hall–Kier alpha value is -5.86. The molecule has 0 unspecified atom stereocenters. The first-order valence-corrected chi connectivity index (χ1v) is 39.4. The second kappa shape index (κ2) is 28.6. The van der Waals surface area contributed by atoms with E-state index in [9.17, 15) is 36.0 Å². The van der Waals surface area contributed by atoms with Gasteiger partial charge in [0.2, 0.25) is 23.2 Å². The summed E-state index contributed by atoms with van der Waals surface area (Å²) in [6.45, 7) is 5.60. The first-order chi connectivity index (χ1) is 47.6. The Kier molecular flexibility index (Phi) is 20.8. The molecular weight excluding hydrogens is 1370 g/mol. The first-order valence-electron chi connectivity index (χ1n) is 35.8. The molecule has 2 spiro atoms. The van der Waals surface area contributed by atoms with Crippen molar-refractivity contribution in [1.29, 1.82) is 0 Å². The van der Waals surface area contributed by atoms with Crippen LogP contribution in [0.2, 0.25) is 10.0 Å². The predicted octanol–water partition coefficient (Wildman–Crippen LogP) is 9.95. The van der Waals surface area contributed by atoms with E-state index in [-0.39, 0.29) is 34.2 Å². The van der Waals surface area contributed by atoms with Crippen molar-refractivity contribution >= 4 is 78.6 Å². The highest BCUT2D eigenvalue weighted by Gasteiger charge is 2.52. The third-order valence-corrected chi connectivity index (χ3v) is 27.4. The van der Waals surface area contributed by atoms with Crippen LogP contribution < -0.4 is 28.7 Å². The lowest BCUT2D eigenvalue weighted by atomic mass is 9.67. The number of carbonyl (C=O) groups excluding carboxylic acids is 4. The Bertz CT molecular complexity index is 3770. The fraction of sp³-hybridized carbons (Fsp3) is 0.622. The summed E-state index contributed by atoms with van der Waals surface area (Å²) in [6, 6.07) is 21.6. The standard InChI is InChI=1S/2C37H48ClFN4O6S/c2*1-41(2)50(46,47)40-35(45)37(39)20-34(44)42(3)15-12-24-13-16-48-33(17-24)29-9-6-26(29)21-43-22-36(23-49-32-11-7-27(37)19-31(32)43)14-4-5-25-18-28(38)8-10-30(25)36/h2*7-8,10-11,18-19,24,26,29,33H,4-6,9,12-17,20-23H2,1-3H3,(H,40,45)/t24-,26+,29-,33+,36+,37+;24-,26+,29-,33+,36+,37-/m11/s1. The van der Waals surface area contributed by atoms with Gasteiger partial charge in [-0.1, -0.05) is 47.5 Å². The summed E-state index contributed by atoms with van der Waals surface area (Å²) in [6.07, 6.45) is 13.6. The van der Waals surface area contributed by atoms with Crippen LogP contribution in [-0.4, -0.2) is 179 Å². The average molecular weight is 1460 g/mol. The summed E-state index contributed by atoms with van der Waals surface area (Å²) >= 11 is 12.9. The number of alkyl halides is 2. The first kappa shape index (κ1) is 72.5. The molecule has 4 aromatic carbocycles. The molecule has 2 saturated heterocycles. The number of halogens is 4. The molecule has 14 rings (SSSR count). The van der Waals surface area contributed by atoms with Crippen molar-refractivity contribution in [3.63, 3.8) is 0 Å². The molecule has 6 heterocycles. The van der Waals surface area contributed by atoms with Gasteiger partial charge in [0.15, 0.2) is 0 Å². The van der Waals surface area contributed by atoms with E-state index >= 15 is 8.78 Å². The zero-order valence-corrected chi connectivity index (χ0v) is 61.4. The van der Waals surface area contributed by atoms with Crippen LogP contribution in [-0.2, 0) is 84.1 Å². The molecule has 0 radical (unpaired) electrons. The van der Waals surface area contributed by atoms with Crippen LogP contribution in [0.5, 0.6) is 11.5 Å². The van der Waals surface area contributed by atoms with Gasteiger partial charge in [0.05, 0.1) is 49.6 Å². The minimum Gasteiger partial charge on any atom is -0.490 e. The summed E-state index contributed by atoms with van der Waals surface area (Å²) in [4.78, 5) is 62.4. The minimum atomic E-state index is -4.35. The molecule has 0 aromatic heterocycles. The number of nitrogens with zero attached hydrogens (tertiary/aromatic N) is 6. The molecule has 4 aromatic rings. The largest absolute Gasteiger partial charge is 0.490 e. The maximum atomic E-state index is 17.6. The lowest BCUT2D eigenvalue weighted by Crippen LogP contribution is -2.51. The van der Waals surface area contributed by atoms with Crippen molar-refractivity contribution in [2.45, 2.75) is 150 Å². The normalized spacial score (nSPS) is 31.6. The Labute approximate surface area is 597 Å². The third kappa shape index (κ3) is 14.5. The zero-order chi connectivity index (χ0) is 70.8. The van der Waals surface area contributed by atoms with Crippen molar-refractivity contribution in [2.75, 3.05) is 118 Å². The number of hydrogen-bond acceptors (Lipinski definition) is 14. The molecule has 6 aliphatic heterocycles. The average Bonchev–Trinajstić information content (AvgIpc) is 1.50. The van der Waals surface area contributed by atoms with Crippen LogP contribution in [0.25, 0.3) is 0 Å². The van der Waals surface area contributed by atoms with E-state index in [2.05, 4.69) is 21.9 Å². The minimum absolute atomic E-state index is 0.0951. The molecule has 2 saturated carbocycles. The van der Waals surface area contributed by atoms with Gasteiger partial charge in [-0.15, -0.1) is 0 Å². The maximum Gasteiger partial charge on any atom is 0.303 e. The second-order valence-corrected chi connectivity index (χ2v) is 35.4. The van der Waals surface area contributed by atoms with Crippen LogP contribution in [0, 0.1) is 35.5 Å². The predicted molar refractivity (Wildman–Crippen MR) is 379 cm³/mol. The van der Waals surface area contributed by atoms with Gasteiger partial charge in [-0.3, -0.25) is 19.2 Å². The Morgan fingerprint density at radius 1 is 0.560 bits per heavy atom. The number of nitrogens with one attached hydrogen (secondary N) is 2. The highest BCUT2D eigenvalue weighted by atomic mass is 35.5. The summed E-state index contributed by atoms with van der Waals surface area (Å²) < 4.78 is 118. The van der Waals surface area contributed by atoms with Gasteiger partial charge in [-0.2, -0.15) is 25.4 Å². The summed E-state index contributed by atoms with van der Waals surface area (Å²) in [5.74, 6) is -0.671. The van der Waals surface area contributed by atoms with Crippen LogP contribution in [0.3, 0.4) is 0 Å². The fourth-order valence-corrected chi connectivity index (χ4v) is 19.3. The van der Waals surface area contributed by atoms with Crippen molar-refractivity contribution in [3.8, 4) is 11.5 Å². The monoisotopic (exact) mass is 1460 g/mol. The number of benzene rings is 4. The SMILES string of the molecule is CN1CC[C@@H]2CCO[C@@H](C2)[C@@H]2CC[C@H]2CN2C[C@@]3(CCCc4cc(Cl)ccc43)COc3ccc(cc32)[C@@](F)(C(=O)NS(=O)(=O)N(C)C)CC1=O.CN1CC[C@@H]2CCO[C@@H](C2)[C@@H]2CC[C@H]2CN2C[C@@]3(CCCc4cc(Cl)ccc43)COc3ccc(cc32)[C@](F)(C(=O)NS(=O)(=O)N(C)C)CC1=O. The highest BCUT2D eigenvalue weighted by Crippen LogP contribution is 2.52. The van der Waals surface area contributed by atoms with Crippen LogP contribution in [0.1, 0.15) is 136 Å². The molecule has 2 N–H and O–H groups in total. The highest BCUT2D eigenvalue weighted by molar-refractivity contribution is 7.88. The summed E-state index contributed by atoms with van der Waals surface area (Å²) in [7, 11) is -0.486. The van der Waals surface area contributed by atoms with Crippen LogP contribution >= 0.6 is 23.2 Å². The summed E-state index contributed by atoms with van der Waals surface area (Å²) in [5.41, 5.74) is -0.763. The zero-order valence-electron chi connectivity index (χ0n) is 58.3. The lowest BCUT2D eigenvalue weighted by Gasteiger charge is -2.48. The fourth-order valence-electron chi connectivity index (χ4n) is 17.7. The number of anilines is 2. The van der Waals surface area contributed by atoms with Gasteiger partial charge in [0.25, 0.3) is 11.8 Å². The van der Waals surface area contributed by atoms with E-state index in [1.54, 1.807) is 38.4 Å². The van der Waals surface area contributed by atoms with Crippen molar-refractivity contribution < 1.29 is 63.7 Å². The molecule has 20 nitrogen and oxygen atoms in total. The molecule has 12 atom stereocenters. The molecule has 100 heavy (non-hydrogen) atoms. The van der Waals surface area contributed by atoms with Gasteiger partial charge in [-0.25, -0.2) is 18.2 Å². The Balaban J connectivity index is 0.000000179. The quantitative estimate of drug-likeness (QED) is 0.184. The molecule has 8 bridgehead atoms. The molecule has 10 aliphatic rings. The van der Waals surface area contributed by atoms with Crippen molar-refractivity contribution in [3.05, 3.63) is 116 Å². The Morgan fingerprint density at radius 3 is 1.35 bits per heavy atom.